The number of phenolic OH excluding ortho intramolecular Hbond substituents is 1. The van der Waals surface area contributed by atoms with Gasteiger partial charge in [-0.2, -0.15) is 0 Å². The molecule has 2 N–H and O–H groups in total. The summed E-state index contributed by atoms with van der Waals surface area (Å²) in [6.07, 6.45) is -0.725. The molecule has 0 aromatic heterocycles. The van der Waals surface area contributed by atoms with Crippen molar-refractivity contribution in [1.29, 1.82) is 0 Å². The fourth-order valence-corrected chi connectivity index (χ4v) is 1.90. The summed E-state index contributed by atoms with van der Waals surface area (Å²) in [4.78, 5) is 13.6. The second-order valence-corrected chi connectivity index (χ2v) is 5.09. The summed E-state index contributed by atoms with van der Waals surface area (Å²) in [6, 6.07) is 1.66. The van der Waals surface area contributed by atoms with Gasteiger partial charge in [-0.05, 0) is 32.9 Å². The number of amides is 1. The highest BCUT2D eigenvalue weighted by molar-refractivity contribution is 6.32. The molecular formula is C13H17ClFNO3. The molecule has 0 aliphatic heterocycles. The van der Waals surface area contributed by atoms with Gasteiger partial charge in [-0.15, -0.1) is 0 Å². The zero-order valence-electron chi connectivity index (χ0n) is 11.0. The van der Waals surface area contributed by atoms with E-state index >= 15 is 0 Å². The first-order valence-corrected chi connectivity index (χ1v) is 6.28. The summed E-state index contributed by atoms with van der Waals surface area (Å²) in [6.45, 7) is 5.15. The second-order valence-electron chi connectivity index (χ2n) is 4.68. The van der Waals surface area contributed by atoms with Crippen LogP contribution in [0.1, 0.15) is 31.1 Å². The molecule has 0 fully saturated rings. The number of carbonyl (C=O) groups is 1. The maximum absolute atomic E-state index is 13.3. The largest absolute Gasteiger partial charge is 0.506 e. The summed E-state index contributed by atoms with van der Waals surface area (Å²) in [5.41, 5.74) is -0.209. The van der Waals surface area contributed by atoms with E-state index in [-0.39, 0.29) is 23.2 Å². The summed E-state index contributed by atoms with van der Waals surface area (Å²) < 4.78 is 13.3. The maximum atomic E-state index is 13.3. The van der Waals surface area contributed by atoms with Gasteiger partial charge >= 0.3 is 0 Å². The lowest BCUT2D eigenvalue weighted by Gasteiger charge is -2.28. The van der Waals surface area contributed by atoms with Crippen LogP contribution in [0.25, 0.3) is 0 Å². The van der Waals surface area contributed by atoms with Crippen molar-refractivity contribution in [2.75, 3.05) is 6.54 Å². The molecule has 0 aliphatic carbocycles. The lowest BCUT2D eigenvalue weighted by Crippen LogP contribution is -2.41. The summed E-state index contributed by atoms with van der Waals surface area (Å²) >= 11 is 5.64. The van der Waals surface area contributed by atoms with Crippen molar-refractivity contribution in [3.63, 3.8) is 0 Å². The Morgan fingerprint density at radius 1 is 1.42 bits per heavy atom. The average molecular weight is 290 g/mol. The number of nitrogens with zero attached hydrogens (tertiary/aromatic N) is 1. The van der Waals surface area contributed by atoms with Gasteiger partial charge < -0.3 is 15.1 Å². The molecule has 0 aliphatic rings. The Kier molecular flexibility index (Phi) is 5.14. The van der Waals surface area contributed by atoms with E-state index in [0.717, 1.165) is 12.1 Å². The van der Waals surface area contributed by atoms with Crippen molar-refractivity contribution >= 4 is 17.5 Å². The molecule has 1 atom stereocenters. The predicted octanol–water partition coefficient (Wildman–Crippen LogP) is 2.42. The standard InChI is InChI=1S/C13H17ClFNO3/c1-7(2)16(6-8(3)17)13(19)10-4-9(15)5-11(14)12(10)18/h4-5,7-8,17-18H,6H2,1-3H3. The van der Waals surface area contributed by atoms with Crippen LogP contribution in [0.4, 0.5) is 4.39 Å². The molecule has 0 spiro atoms. The molecule has 1 amide bonds. The number of halogens is 2. The molecule has 4 nitrogen and oxygen atoms in total. The van der Waals surface area contributed by atoms with Crippen LogP contribution in [-0.2, 0) is 0 Å². The highest BCUT2D eigenvalue weighted by Crippen LogP contribution is 2.29. The molecule has 0 radical (unpaired) electrons. The number of aliphatic hydroxyl groups excluding tert-OH is 1. The molecule has 0 bridgehead atoms. The van der Waals surface area contributed by atoms with E-state index in [0.29, 0.717) is 0 Å². The number of aliphatic hydroxyl groups is 1. The SMILES string of the molecule is CC(O)CN(C(=O)c1cc(F)cc(Cl)c1O)C(C)C. The van der Waals surface area contributed by atoms with E-state index in [9.17, 15) is 19.4 Å². The minimum absolute atomic E-state index is 0.0874. The lowest BCUT2D eigenvalue weighted by molar-refractivity contribution is 0.0575. The Balaban J connectivity index is 3.16. The van der Waals surface area contributed by atoms with Crippen molar-refractivity contribution in [2.45, 2.75) is 32.9 Å². The molecule has 0 saturated heterocycles. The first-order valence-electron chi connectivity index (χ1n) is 5.91. The Morgan fingerprint density at radius 3 is 2.47 bits per heavy atom. The third-order valence-corrected chi connectivity index (χ3v) is 2.89. The molecule has 106 valence electrons. The molecular weight excluding hydrogens is 273 g/mol. The Bertz CT molecular complexity index is 477. The quantitative estimate of drug-likeness (QED) is 0.895. The number of hydrogen-bond acceptors (Lipinski definition) is 3. The molecule has 1 rings (SSSR count). The van der Waals surface area contributed by atoms with Crippen LogP contribution < -0.4 is 0 Å². The lowest BCUT2D eigenvalue weighted by atomic mass is 10.1. The number of rotatable bonds is 4. The Morgan fingerprint density at radius 2 is 2.00 bits per heavy atom. The topological polar surface area (TPSA) is 60.8 Å². The van der Waals surface area contributed by atoms with Gasteiger partial charge in [0.05, 0.1) is 16.7 Å². The van der Waals surface area contributed by atoms with Crippen LogP contribution in [0.3, 0.4) is 0 Å². The van der Waals surface area contributed by atoms with Crippen LogP contribution in [0.2, 0.25) is 5.02 Å². The fourth-order valence-electron chi connectivity index (χ4n) is 1.70. The Labute approximate surface area is 116 Å². The van der Waals surface area contributed by atoms with Crippen molar-refractivity contribution in [3.8, 4) is 5.75 Å². The molecule has 1 aromatic rings. The monoisotopic (exact) mass is 289 g/mol. The predicted molar refractivity (Wildman–Crippen MR) is 70.9 cm³/mol. The van der Waals surface area contributed by atoms with Gasteiger partial charge in [0.1, 0.15) is 11.6 Å². The first kappa shape index (κ1) is 15.7. The number of carbonyl (C=O) groups excluding carboxylic acids is 1. The van der Waals surface area contributed by atoms with Crippen LogP contribution in [0.15, 0.2) is 12.1 Å². The maximum Gasteiger partial charge on any atom is 0.258 e. The first-order chi connectivity index (χ1) is 8.73. The highest BCUT2D eigenvalue weighted by Gasteiger charge is 2.24. The number of aromatic hydroxyl groups is 1. The number of benzene rings is 1. The van der Waals surface area contributed by atoms with Crippen molar-refractivity contribution < 1.29 is 19.4 Å². The molecule has 0 saturated carbocycles. The molecule has 6 heteroatoms. The van der Waals surface area contributed by atoms with Gasteiger partial charge in [0.2, 0.25) is 0 Å². The zero-order chi connectivity index (χ0) is 14.7. The van der Waals surface area contributed by atoms with Gasteiger partial charge in [-0.1, -0.05) is 11.6 Å². The van der Waals surface area contributed by atoms with E-state index in [2.05, 4.69) is 0 Å². The third-order valence-electron chi connectivity index (χ3n) is 2.60. The van der Waals surface area contributed by atoms with Gasteiger partial charge in [0, 0.05) is 12.6 Å². The van der Waals surface area contributed by atoms with Crippen molar-refractivity contribution in [1.82, 2.24) is 4.90 Å². The van der Waals surface area contributed by atoms with E-state index in [1.54, 1.807) is 20.8 Å². The normalized spacial score (nSPS) is 12.6. The van der Waals surface area contributed by atoms with Gasteiger partial charge in [-0.25, -0.2) is 4.39 Å². The third kappa shape index (κ3) is 3.81. The van der Waals surface area contributed by atoms with E-state index in [4.69, 9.17) is 11.6 Å². The zero-order valence-corrected chi connectivity index (χ0v) is 11.8. The van der Waals surface area contributed by atoms with Crippen molar-refractivity contribution in [2.24, 2.45) is 0 Å². The van der Waals surface area contributed by atoms with Crippen molar-refractivity contribution in [3.05, 3.63) is 28.5 Å². The van der Waals surface area contributed by atoms with E-state index in [1.165, 1.54) is 4.90 Å². The second kappa shape index (κ2) is 6.21. The van der Waals surface area contributed by atoms with E-state index < -0.39 is 23.6 Å². The summed E-state index contributed by atoms with van der Waals surface area (Å²) in [7, 11) is 0. The minimum atomic E-state index is -0.725. The van der Waals surface area contributed by atoms with E-state index in [1.807, 2.05) is 0 Å². The van der Waals surface area contributed by atoms with Crippen LogP contribution in [0, 0.1) is 5.82 Å². The highest BCUT2D eigenvalue weighted by atomic mass is 35.5. The van der Waals surface area contributed by atoms with Crippen LogP contribution >= 0.6 is 11.6 Å². The van der Waals surface area contributed by atoms with Gasteiger partial charge in [0.15, 0.2) is 0 Å². The molecule has 1 unspecified atom stereocenters. The smallest absolute Gasteiger partial charge is 0.258 e. The van der Waals surface area contributed by atoms with Gasteiger partial charge in [-0.3, -0.25) is 4.79 Å². The number of phenols is 1. The average Bonchev–Trinajstić information content (AvgIpc) is 2.29. The van der Waals surface area contributed by atoms with Gasteiger partial charge in [0.25, 0.3) is 5.91 Å². The summed E-state index contributed by atoms with van der Waals surface area (Å²) in [5, 5.41) is 18.9. The Hall–Kier alpha value is -1.33. The summed E-state index contributed by atoms with van der Waals surface area (Å²) in [5.74, 6) is -1.73. The fraction of sp³-hybridized carbons (Fsp3) is 0.462. The van der Waals surface area contributed by atoms with Crippen LogP contribution in [0.5, 0.6) is 5.75 Å². The minimum Gasteiger partial charge on any atom is -0.506 e. The van der Waals surface area contributed by atoms with Crippen LogP contribution in [-0.4, -0.2) is 39.7 Å². The molecule has 0 heterocycles. The molecule has 19 heavy (non-hydrogen) atoms. The number of hydrogen-bond donors (Lipinski definition) is 2. The molecule has 1 aromatic carbocycles.